The quantitative estimate of drug-likeness (QED) is 0.802. The highest BCUT2D eigenvalue weighted by Gasteiger charge is 2.16. The maximum absolute atomic E-state index is 11.9. The van der Waals surface area contributed by atoms with Crippen molar-refractivity contribution in [2.45, 2.75) is 44.6 Å². The van der Waals surface area contributed by atoms with Crippen molar-refractivity contribution in [1.29, 1.82) is 0 Å². The van der Waals surface area contributed by atoms with Crippen LogP contribution in [-0.4, -0.2) is 10.9 Å². The van der Waals surface area contributed by atoms with E-state index in [0.29, 0.717) is 5.92 Å². The molecular formula is C17H19NO2. The van der Waals surface area contributed by atoms with Crippen molar-refractivity contribution in [1.82, 2.24) is 4.57 Å². The van der Waals surface area contributed by atoms with Crippen LogP contribution in [-0.2, 0) is 11.3 Å². The average molecular weight is 269 g/mol. The molecule has 3 nitrogen and oxygen atoms in total. The number of rotatable bonds is 3. The largest absolute Gasteiger partial charge is 0.301 e. The lowest BCUT2D eigenvalue weighted by Gasteiger charge is -2.22. The van der Waals surface area contributed by atoms with Crippen LogP contribution in [0, 0.1) is 0 Å². The molecule has 1 aromatic heterocycles. The van der Waals surface area contributed by atoms with Gasteiger partial charge in [0.1, 0.15) is 6.29 Å². The van der Waals surface area contributed by atoms with E-state index in [1.165, 1.54) is 43.7 Å². The van der Waals surface area contributed by atoms with Crippen LogP contribution >= 0.6 is 0 Å². The summed E-state index contributed by atoms with van der Waals surface area (Å²) in [5.41, 5.74) is 2.08. The molecule has 0 atom stereocenters. The number of carbonyl (C=O) groups is 1. The molecule has 0 radical (unpaired) electrons. The number of aldehydes is 1. The zero-order valence-electron chi connectivity index (χ0n) is 11.5. The molecule has 104 valence electrons. The summed E-state index contributed by atoms with van der Waals surface area (Å²) >= 11 is 0. The van der Waals surface area contributed by atoms with Crippen LogP contribution in [0.3, 0.4) is 0 Å². The predicted octanol–water partition coefficient (Wildman–Crippen LogP) is 3.25. The fourth-order valence-corrected chi connectivity index (χ4v) is 3.26. The average Bonchev–Trinajstić information content (AvgIpc) is 2.51. The second-order valence-corrected chi connectivity index (χ2v) is 5.60. The maximum atomic E-state index is 11.9. The minimum atomic E-state index is -0.106. The molecule has 0 spiro atoms. The highest BCUT2D eigenvalue weighted by molar-refractivity contribution is 5.80. The molecule has 0 saturated heterocycles. The van der Waals surface area contributed by atoms with Crippen molar-refractivity contribution in [2.75, 3.05) is 0 Å². The monoisotopic (exact) mass is 269 g/mol. The minimum Gasteiger partial charge on any atom is -0.301 e. The van der Waals surface area contributed by atoms with Crippen LogP contribution in [0.2, 0.25) is 0 Å². The summed E-state index contributed by atoms with van der Waals surface area (Å²) < 4.78 is 1.56. The summed E-state index contributed by atoms with van der Waals surface area (Å²) in [4.78, 5) is 22.7. The topological polar surface area (TPSA) is 39.1 Å². The van der Waals surface area contributed by atoms with Crippen molar-refractivity contribution in [3.8, 4) is 0 Å². The van der Waals surface area contributed by atoms with Crippen LogP contribution in [0.1, 0.15) is 43.6 Å². The van der Waals surface area contributed by atoms with Gasteiger partial charge in [-0.05, 0) is 41.8 Å². The van der Waals surface area contributed by atoms with Crippen LogP contribution in [0.5, 0.6) is 0 Å². The molecule has 0 bridgehead atoms. The number of pyridine rings is 1. The van der Waals surface area contributed by atoms with Gasteiger partial charge in [0.25, 0.3) is 5.56 Å². The number of aromatic nitrogens is 1. The minimum absolute atomic E-state index is 0.106. The third kappa shape index (κ3) is 2.40. The number of nitrogens with zero attached hydrogens (tertiary/aromatic N) is 1. The Kier molecular flexibility index (Phi) is 3.68. The Labute approximate surface area is 118 Å². The van der Waals surface area contributed by atoms with E-state index < -0.39 is 0 Å². The van der Waals surface area contributed by atoms with E-state index in [2.05, 4.69) is 18.2 Å². The van der Waals surface area contributed by atoms with Gasteiger partial charge >= 0.3 is 0 Å². The summed E-state index contributed by atoms with van der Waals surface area (Å²) in [5.74, 6) is 0.605. The number of hydrogen-bond acceptors (Lipinski definition) is 2. The first-order valence-electron chi connectivity index (χ1n) is 7.37. The van der Waals surface area contributed by atoms with Gasteiger partial charge in [-0.1, -0.05) is 31.4 Å². The van der Waals surface area contributed by atoms with Crippen molar-refractivity contribution >= 4 is 17.2 Å². The van der Waals surface area contributed by atoms with Gasteiger partial charge in [-0.2, -0.15) is 0 Å². The highest BCUT2D eigenvalue weighted by Crippen LogP contribution is 2.33. The van der Waals surface area contributed by atoms with E-state index in [1.54, 1.807) is 4.57 Å². The van der Waals surface area contributed by atoms with Gasteiger partial charge in [0, 0.05) is 6.07 Å². The number of carbonyl (C=O) groups excluding carboxylic acids is 1. The summed E-state index contributed by atoms with van der Waals surface area (Å²) in [6, 6.07) is 9.72. The van der Waals surface area contributed by atoms with Gasteiger partial charge in [0.2, 0.25) is 0 Å². The smallest absolute Gasteiger partial charge is 0.251 e. The first-order valence-corrected chi connectivity index (χ1v) is 7.37. The highest BCUT2D eigenvalue weighted by atomic mass is 16.1. The number of hydrogen-bond donors (Lipinski definition) is 0. The normalized spacial score (nSPS) is 16.4. The Morgan fingerprint density at radius 2 is 1.85 bits per heavy atom. The molecule has 0 N–H and O–H groups in total. The van der Waals surface area contributed by atoms with E-state index in [1.807, 2.05) is 6.07 Å². The molecule has 2 aromatic rings. The van der Waals surface area contributed by atoms with E-state index in [-0.39, 0.29) is 12.1 Å². The second kappa shape index (κ2) is 5.61. The van der Waals surface area contributed by atoms with E-state index in [0.717, 1.165) is 17.2 Å². The molecular weight excluding hydrogens is 250 g/mol. The van der Waals surface area contributed by atoms with Gasteiger partial charge < -0.3 is 9.36 Å². The lowest BCUT2D eigenvalue weighted by molar-refractivity contribution is -0.108. The summed E-state index contributed by atoms with van der Waals surface area (Å²) in [6.07, 6.45) is 7.16. The van der Waals surface area contributed by atoms with E-state index in [4.69, 9.17) is 0 Å². The molecule has 1 aliphatic carbocycles. The third-order valence-corrected chi connectivity index (χ3v) is 4.35. The van der Waals surface area contributed by atoms with Crippen molar-refractivity contribution < 1.29 is 4.79 Å². The Bertz CT molecular complexity index is 681. The van der Waals surface area contributed by atoms with Gasteiger partial charge in [0.05, 0.1) is 12.1 Å². The molecule has 0 amide bonds. The van der Waals surface area contributed by atoms with Crippen molar-refractivity contribution in [2.24, 2.45) is 0 Å². The zero-order valence-corrected chi connectivity index (χ0v) is 11.5. The summed E-state index contributed by atoms with van der Waals surface area (Å²) in [7, 11) is 0. The molecule has 20 heavy (non-hydrogen) atoms. The van der Waals surface area contributed by atoms with Gasteiger partial charge in [-0.25, -0.2) is 0 Å². The molecule has 0 unspecified atom stereocenters. The first-order chi connectivity index (χ1) is 9.79. The molecule has 1 fully saturated rings. The lowest BCUT2D eigenvalue weighted by atomic mass is 9.84. The Morgan fingerprint density at radius 3 is 2.60 bits per heavy atom. The first kappa shape index (κ1) is 13.1. The SMILES string of the molecule is O=CCn1c(=O)ccc2ccc(C3CCCCC3)cc21. The second-order valence-electron chi connectivity index (χ2n) is 5.60. The van der Waals surface area contributed by atoms with Gasteiger partial charge in [-0.15, -0.1) is 0 Å². The van der Waals surface area contributed by atoms with E-state index >= 15 is 0 Å². The molecule has 1 saturated carbocycles. The van der Waals surface area contributed by atoms with Crippen LogP contribution in [0.4, 0.5) is 0 Å². The predicted molar refractivity (Wildman–Crippen MR) is 80.1 cm³/mol. The van der Waals surface area contributed by atoms with Crippen LogP contribution in [0.25, 0.3) is 10.9 Å². The maximum Gasteiger partial charge on any atom is 0.251 e. The van der Waals surface area contributed by atoms with Crippen molar-refractivity contribution in [3.05, 3.63) is 46.2 Å². The molecule has 3 rings (SSSR count). The van der Waals surface area contributed by atoms with E-state index in [9.17, 15) is 9.59 Å². The van der Waals surface area contributed by atoms with Crippen LogP contribution < -0.4 is 5.56 Å². The molecule has 3 heteroatoms. The fourth-order valence-electron chi connectivity index (χ4n) is 3.26. The Balaban J connectivity index is 2.10. The summed E-state index contributed by atoms with van der Waals surface area (Å²) in [6.45, 7) is 0.129. The fraction of sp³-hybridized carbons (Fsp3) is 0.412. The Hall–Kier alpha value is -1.90. The summed E-state index contributed by atoms with van der Waals surface area (Å²) in [5, 5.41) is 1.02. The molecule has 1 heterocycles. The van der Waals surface area contributed by atoms with Crippen molar-refractivity contribution in [3.63, 3.8) is 0 Å². The Morgan fingerprint density at radius 1 is 1.10 bits per heavy atom. The number of benzene rings is 1. The zero-order chi connectivity index (χ0) is 13.9. The standard InChI is InChI=1S/C17H19NO2/c19-11-10-18-16-12-15(13-4-2-1-3-5-13)7-6-14(16)8-9-17(18)20/h6-9,11-13H,1-5,10H2. The molecule has 1 aromatic carbocycles. The molecule has 0 aliphatic heterocycles. The lowest BCUT2D eigenvalue weighted by Crippen LogP contribution is -2.20. The molecule has 1 aliphatic rings. The van der Waals surface area contributed by atoms with Gasteiger partial charge in [0.15, 0.2) is 0 Å². The van der Waals surface area contributed by atoms with Gasteiger partial charge in [-0.3, -0.25) is 4.79 Å². The number of fused-ring (bicyclic) bond motifs is 1. The van der Waals surface area contributed by atoms with Crippen LogP contribution in [0.15, 0.2) is 35.1 Å². The third-order valence-electron chi connectivity index (χ3n) is 4.35.